The van der Waals surface area contributed by atoms with Crippen molar-refractivity contribution in [3.63, 3.8) is 0 Å². The molecule has 0 bridgehead atoms. The Bertz CT molecular complexity index is 2450. The Balaban J connectivity index is 0.000000280. The lowest BCUT2D eigenvalue weighted by atomic mass is 9.83. The van der Waals surface area contributed by atoms with Crippen LogP contribution < -0.4 is 20.4 Å². The number of likely N-dealkylation sites (N-methyl/N-ethyl adjacent to an activating group) is 2. The van der Waals surface area contributed by atoms with E-state index in [1.165, 1.54) is 59.4 Å². The fraction of sp³-hybridized carbons (Fsp3) is 0.429. The number of unbranched alkanes of at least 4 members (excludes halogenated alkanes) is 1. The first kappa shape index (κ1) is 47.3. The maximum absolute atomic E-state index is 11.8. The summed E-state index contributed by atoms with van der Waals surface area (Å²) in [6, 6.07) is 19.6. The Morgan fingerprint density at radius 1 is 0.731 bits per heavy atom. The third-order valence-electron chi connectivity index (χ3n) is 14.6. The first-order chi connectivity index (χ1) is 32.2. The summed E-state index contributed by atoms with van der Waals surface area (Å²) in [4.78, 5) is 35.0. The smallest absolute Gasteiger partial charge is 0.335 e. The van der Waals surface area contributed by atoms with Gasteiger partial charge in [-0.3, -0.25) is 9.89 Å². The lowest BCUT2D eigenvalue weighted by Crippen LogP contribution is -2.44. The molecule has 0 radical (unpaired) electrons. The predicted molar refractivity (Wildman–Crippen MR) is 273 cm³/mol. The predicted octanol–water partition coefficient (Wildman–Crippen LogP) is 9.37. The van der Waals surface area contributed by atoms with Crippen LogP contribution in [0.4, 0.5) is 11.4 Å². The van der Waals surface area contributed by atoms with Crippen molar-refractivity contribution in [2.24, 2.45) is 4.99 Å². The maximum atomic E-state index is 11.8. The highest BCUT2D eigenvalue weighted by Crippen LogP contribution is 2.49. The number of nitrogens with zero attached hydrogens (tertiary/aromatic N) is 5. The summed E-state index contributed by atoms with van der Waals surface area (Å²) in [6.07, 6.45) is 19.3. The van der Waals surface area contributed by atoms with Crippen LogP contribution in [0.5, 0.6) is 0 Å². The monoisotopic (exact) mass is 905 g/mol. The number of piperazine rings is 1. The first-order valence-corrected chi connectivity index (χ1v) is 24.4. The number of anilines is 2. The number of fused-ring (bicyclic) bond motifs is 2. The lowest BCUT2D eigenvalue weighted by molar-refractivity contribution is -0.538. The van der Waals surface area contributed by atoms with E-state index in [1.54, 1.807) is 12.1 Å². The van der Waals surface area contributed by atoms with Gasteiger partial charge in [-0.1, -0.05) is 83.5 Å². The second kappa shape index (κ2) is 20.0. The molecule has 1 aliphatic carbocycles. The number of carboxylic acid groups (broad SMARTS) is 2. The zero-order chi connectivity index (χ0) is 47.5. The summed E-state index contributed by atoms with van der Waals surface area (Å²) in [5.74, 6) is -0.773. The molecule has 3 aromatic rings. The van der Waals surface area contributed by atoms with Crippen molar-refractivity contribution in [1.29, 1.82) is 0 Å². The standard InChI is InChI=1S/C41H50N4O4.C15H19N3/c1-8-9-20-44-21-23-45(24-22-44)37-27(14-18-35-40(2,3)31-25-29(38(46)47)12-16-33(31)42(35)6)10-11-28(37)15-19-36-41(4,5)32-26-30(39(48)49)13-17-34(32)43(36)7;1-2-9-16-14(4-1)12-5-7-13(8-6-12)15-17-10-3-11-18-15/h12-19,25-26H,8-11,20-24H2,1-7H3,(H-,46,47,48,49);4-8,16H,1-3,9-11H2,(H,17,18)/p+1. The van der Waals surface area contributed by atoms with Gasteiger partial charge in [-0.05, 0) is 110 Å². The number of benzene rings is 3. The summed E-state index contributed by atoms with van der Waals surface area (Å²) in [7, 11) is 4.14. The van der Waals surface area contributed by atoms with Crippen LogP contribution in [0, 0.1) is 0 Å². The van der Waals surface area contributed by atoms with Gasteiger partial charge in [0.1, 0.15) is 5.84 Å². The number of nitrogens with one attached hydrogen (secondary N) is 2. The van der Waals surface area contributed by atoms with Gasteiger partial charge in [-0.15, -0.1) is 0 Å². The van der Waals surface area contributed by atoms with E-state index in [0.29, 0.717) is 11.1 Å². The van der Waals surface area contributed by atoms with Crippen molar-refractivity contribution in [2.45, 2.75) is 90.4 Å². The molecule has 4 N–H and O–H groups in total. The van der Waals surface area contributed by atoms with Crippen molar-refractivity contribution in [3.05, 3.63) is 147 Å². The van der Waals surface area contributed by atoms with Gasteiger partial charge in [0.05, 0.1) is 24.2 Å². The Hall–Kier alpha value is -6.20. The van der Waals surface area contributed by atoms with Crippen LogP contribution >= 0.6 is 0 Å². The second-order valence-electron chi connectivity index (χ2n) is 19.7. The van der Waals surface area contributed by atoms with Crippen LogP contribution in [0.2, 0.25) is 0 Å². The number of hydrogen-bond acceptors (Lipinski definition) is 8. The molecule has 5 heterocycles. The molecule has 67 heavy (non-hydrogen) atoms. The Labute approximate surface area is 397 Å². The fourth-order valence-electron chi connectivity index (χ4n) is 10.7. The van der Waals surface area contributed by atoms with Crippen molar-refractivity contribution in [3.8, 4) is 0 Å². The van der Waals surface area contributed by atoms with Gasteiger partial charge >= 0.3 is 11.9 Å². The number of rotatable bonds is 9. The largest absolute Gasteiger partial charge is 0.478 e. The van der Waals surface area contributed by atoms with Gasteiger partial charge in [0.2, 0.25) is 5.71 Å². The highest BCUT2D eigenvalue weighted by atomic mass is 16.4. The summed E-state index contributed by atoms with van der Waals surface area (Å²) < 4.78 is 2.58. The molecule has 2 fully saturated rings. The average Bonchev–Trinajstić information content (AvgIpc) is 3.90. The normalized spacial score (nSPS) is 22.3. The van der Waals surface area contributed by atoms with E-state index in [4.69, 9.17) is 0 Å². The summed E-state index contributed by atoms with van der Waals surface area (Å²) in [6.45, 7) is 19.3. The van der Waals surface area contributed by atoms with E-state index >= 15 is 0 Å². The van der Waals surface area contributed by atoms with E-state index in [9.17, 15) is 19.8 Å². The summed E-state index contributed by atoms with van der Waals surface area (Å²) >= 11 is 0. The molecular weight excluding hydrogens is 835 g/mol. The highest BCUT2D eigenvalue weighted by molar-refractivity contribution is 6.12. The lowest BCUT2D eigenvalue weighted by Gasteiger charge is -2.26. The van der Waals surface area contributed by atoms with Crippen LogP contribution in [-0.4, -0.2) is 110 Å². The molecule has 3 aromatic carbocycles. The molecule has 0 aromatic heterocycles. The molecule has 5 aliphatic heterocycles. The molecule has 0 spiro atoms. The number of carboxylic acids is 2. The van der Waals surface area contributed by atoms with Crippen molar-refractivity contribution in [1.82, 2.24) is 15.5 Å². The molecule has 9 rings (SSSR count). The van der Waals surface area contributed by atoms with Gasteiger partial charge in [0, 0.05) is 89.7 Å². The van der Waals surface area contributed by atoms with E-state index in [2.05, 4.69) is 138 Å². The number of aromatic carboxylic acids is 2. The van der Waals surface area contributed by atoms with E-state index in [-0.39, 0.29) is 10.8 Å². The number of carbonyl (C=O) groups is 2. The molecule has 0 unspecified atom stereocenters. The van der Waals surface area contributed by atoms with Gasteiger partial charge in [0.25, 0.3) is 0 Å². The van der Waals surface area contributed by atoms with Crippen LogP contribution in [-0.2, 0) is 10.8 Å². The Morgan fingerprint density at radius 3 is 1.75 bits per heavy atom. The van der Waals surface area contributed by atoms with Crippen molar-refractivity contribution in [2.75, 3.05) is 76.3 Å². The molecule has 352 valence electrons. The zero-order valence-electron chi connectivity index (χ0n) is 40.7. The van der Waals surface area contributed by atoms with E-state index < -0.39 is 11.9 Å². The molecule has 6 aliphatic rings. The molecule has 1 saturated carbocycles. The minimum Gasteiger partial charge on any atom is -0.478 e. The minimum absolute atomic E-state index is 0.315. The SMILES string of the molecule is C1=C(c2ccc(C3=NCCCN3)cc2)NCCC1.CCCCN1CC[N+](=C2C(=CC=C3N(C)c4ccc(C(=O)O)cc4C3(C)C)CC/C2=C\C=C2\N(C)c3ccc(C(=O)O)cc3C2(C)C)CC1. The number of amidine groups is 1. The number of aliphatic imine (C=N–C) groups is 1. The first-order valence-electron chi connectivity index (χ1n) is 24.4. The van der Waals surface area contributed by atoms with Crippen LogP contribution in [0.3, 0.4) is 0 Å². The Kier molecular flexibility index (Phi) is 14.1. The zero-order valence-corrected chi connectivity index (χ0v) is 40.7. The van der Waals surface area contributed by atoms with Crippen molar-refractivity contribution >= 4 is 40.6 Å². The van der Waals surface area contributed by atoms with E-state index in [1.807, 2.05) is 24.3 Å². The number of hydrogen-bond donors (Lipinski definition) is 4. The fourth-order valence-corrected chi connectivity index (χ4v) is 10.7. The minimum atomic E-state index is -0.906. The highest BCUT2D eigenvalue weighted by Gasteiger charge is 2.41. The molecule has 11 nitrogen and oxygen atoms in total. The second-order valence-corrected chi connectivity index (χ2v) is 19.7. The van der Waals surface area contributed by atoms with E-state index in [0.717, 1.165) is 111 Å². The van der Waals surface area contributed by atoms with Crippen LogP contribution in [0.15, 0.2) is 119 Å². The van der Waals surface area contributed by atoms with Gasteiger partial charge in [-0.2, -0.15) is 0 Å². The van der Waals surface area contributed by atoms with Crippen LogP contribution in [0.1, 0.15) is 123 Å². The third kappa shape index (κ3) is 9.80. The quantitative estimate of drug-likeness (QED) is 0.156. The van der Waals surface area contributed by atoms with Crippen molar-refractivity contribution < 1.29 is 24.4 Å². The topological polar surface area (TPSA) is 124 Å². The number of allylic oxidation sites excluding steroid dienone is 9. The summed E-state index contributed by atoms with van der Waals surface area (Å²) in [5.41, 5.74) is 14.1. The molecule has 0 amide bonds. The van der Waals surface area contributed by atoms with Gasteiger partial charge < -0.3 is 30.6 Å². The van der Waals surface area contributed by atoms with Gasteiger partial charge in [-0.25, -0.2) is 14.2 Å². The van der Waals surface area contributed by atoms with Crippen LogP contribution in [0.25, 0.3) is 5.70 Å². The molecular formula is C56H70N7O4+. The maximum Gasteiger partial charge on any atom is 0.335 e. The average molecular weight is 905 g/mol. The van der Waals surface area contributed by atoms with Gasteiger partial charge in [0.15, 0.2) is 13.1 Å². The molecule has 0 atom stereocenters. The Morgan fingerprint density at radius 2 is 1.27 bits per heavy atom. The third-order valence-corrected chi connectivity index (χ3v) is 14.6. The molecule has 1 saturated heterocycles. The summed E-state index contributed by atoms with van der Waals surface area (Å²) in [5, 5.41) is 26.1. The molecule has 11 heteroatoms.